The maximum atomic E-state index is 9.54. The monoisotopic (exact) mass is 174 g/mol. The molecule has 2 nitrogen and oxygen atoms in total. The van der Waals surface area contributed by atoms with Gasteiger partial charge in [-0.1, -0.05) is 27.2 Å². The molecule has 0 fully saturated rings. The van der Waals surface area contributed by atoms with Gasteiger partial charge in [-0.3, -0.25) is 0 Å². The smallest absolute Gasteiger partial charge is 0.0587 e. The van der Waals surface area contributed by atoms with Crippen molar-refractivity contribution in [2.24, 2.45) is 5.92 Å². The molecule has 0 aliphatic heterocycles. The first kappa shape index (κ1) is 11.9. The van der Waals surface area contributed by atoms with Crippen molar-refractivity contribution in [1.82, 2.24) is 0 Å². The molecule has 0 saturated carbocycles. The van der Waals surface area contributed by atoms with Crippen LogP contribution in [0.1, 0.15) is 40.0 Å². The molecule has 0 aromatic rings. The zero-order chi connectivity index (χ0) is 9.40. The largest absolute Gasteiger partial charge is 0.393 e. The van der Waals surface area contributed by atoms with Gasteiger partial charge >= 0.3 is 0 Å². The van der Waals surface area contributed by atoms with Crippen LogP contribution in [0.2, 0.25) is 0 Å². The number of aliphatic hydroxyl groups is 1. The van der Waals surface area contributed by atoms with E-state index in [0.29, 0.717) is 12.5 Å². The average molecular weight is 174 g/mol. The Morgan fingerprint density at radius 1 is 1.25 bits per heavy atom. The molecule has 1 N–H and O–H groups in total. The van der Waals surface area contributed by atoms with Crippen LogP contribution in [0.4, 0.5) is 0 Å². The SMILES string of the molecule is CCCOCCC(O)C(C)CC. The van der Waals surface area contributed by atoms with Gasteiger partial charge in [0.1, 0.15) is 0 Å². The Bertz CT molecular complexity index is 93.8. The molecule has 0 amide bonds. The number of ether oxygens (including phenoxy) is 1. The van der Waals surface area contributed by atoms with E-state index in [1.165, 1.54) is 0 Å². The third kappa shape index (κ3) is 5.56. The van der Waals surface area contributed by atoms with Crippen molar-refractivity contribution in [3.05, 3.63) is 0 Å². The summed E-state index contributed by atoms with van der Waals surface area (Å²) in [7, 11) is 0. The number of hydrogen-bond acceptors (Lipinski definition) is 2. The summed E-state index contributed by atoms with van der Waals surface area (Å²) in [6.07, 6.45) is 2.68. The molecule has 0 saturated heterocycles. The van der Waals surface area contributed by atoms with Crippen LogP contribution in [-0.2, 0) is 4.74 Å². The molecular weight excluding hydrogens is 152 g/mol. The van der Waals surface area contributed by atoms with Gasteiger partial charge in [-0.05, 0) is 18.8 Å². The van der Waals surface area contributed by atoms with E-state index in [9.17, 15) is 5.11 Å². The summed E-state index contributed by atoms with van der Waals surface area (Å²) >= 11 is 0. The predicted molar refractivity (Wildman–Crippen MR) is 51.2 cm³/mol. The quantitative estimate of drug-likeness (QED) is 0.600. The van der Waals surface area contributed by atoms with E-state index >= 15 is 0 Å². The van der Waals surface area contributed by atoms with E-state index in [1.54, 1.807) is 0 Å². The molecule has 0 radical (unpaired) electrons. The Morgan fingerprint density at radius 2 is 1.92 bits per heavy atom. The summed E-state index contributed by atoms with van der Waals surface area (Å²) < 4.78 is 5.29. The van der Waals surface area contributed by atoms with Gasteiger partial charge in [-0.2, -0.15) is 0 Å². The summed E-state index contributed by atoms with van der Waals surface area (Å²) in [5.41, 5.74) is 0. The molecule has 0 bridgehead atoms. The zero-order valence-electron chi connectivity index (χ0n) is 8.55. The molecule has 0 spiro atoms. The number of hydrogen-bond donors (Lipinski definition) is 1. The van der Waals surface area contributed by atoms with Gasteiger partial charge in [-0.15, -0.1) is 0 Å². The van der Waals surface area contributed by atoms with Crippen LogP contribution >= 0.6 is 0 Å². The number of aliphatic hydroxyl groups excluding tert-OH is 1. The molecule has 0 aromatic carbocycles. The molecule has 0 aromatic heterocycles. The Labute approximate surface area is 75.9 Å². The minimum absolute atomic E-state index is 0.188. The van der Waals surface area contributed by atoms with Crippen molar-refractivity contribution in [2.45, 2.75) is 46.1 Å². The third-order valence-electron chi connectivity index (χ3n) is 2.21. The van der Waals surface area contributed by atoms with E-state index in [1.807, 2.05) is 0 Å². The van der Waals surface area contributed by atoms with Crippen molar-refractivity contribution in [1.29, 1.82) is 0 Å². The highest BCUT2D eigenvalue weighted by Gasteiger charge is 2.10. The van der Waals surface area contributed by atoms with Crippen molar-refractivity contribution in [2.75, 3.05) is 13.2 Å². The van der Waals surface area contributed by atoms with Gasteiger partial charge in [-0.25, -0.2) is 0 Å². The maximum Gasteiger partial charge on any atom is 0.0587 e. The molecule has 0 heterocycles. The summed E-state index contributed by atoms with van der Waals surface area (Å²) in [5.74, 6) is 0.398. The zero-order valence-corrected chi connectivity index (χ0v) is 8.55. The molecule has 2 heteroatoms. The first-order chi connectivity index (χ1) is 5.72. The lowest BCUT2D eigenvalue weighted by molar-refractivity contribution is 0.0546. The van der Waals surface area contributed by atoms with Gasteiger partial charge < -0.3 is 9.84 Å². The van der Waals surface area contributed by atoms with E-state index in [0.717, 1.165) is 25.9 Å². The fourth-order valence-electron chi connectivity index (χ4n) is 1.01. The summed E-state index contributed by atoms with van der Waals surface area (Å²) in [6, 6.07) is 0. The lowest BCUT2D eigenvalue weighted by Gasteiger charge is -2.16. The molecule has 2 atom stereocenters. The van der Waals surface area contributed by atoms with Gasteiger partial charge in [0.15, 0.2) is 0 Å². The minimum atomic E-state index is -0.188. The van der Waals surface area contributed by atoms with E-state index in [4.69, 9.17) is 4.74 Å². The normalized spacial score (nSPS) is 16.0. The van der Waals surface area contributed by atoms with Gasteiger partial charge in [0, 0.05) is 13.2 Å². The Morgan fingerprint density at radius 3 is 2.42 bits per heavy atom. The van der Waals surface area contributed by atoms with Crippen LogP contribution in [0.5, 0.6) is 0 Å². The van der Waals surface area contributed by atoms with Crippen molar-refractivity contribution < 1.29 is 9.84 Å². The van der Waals surface area contributed by atoms with Crippen molar-refractivity contribution in [3.8, 4) is 0 Å². The molecule has 2 unspecified atom stereocenters. The first-order valence-corrected chi connectivity index (χ1v) is 4.98. The van der Waals surface area contributed by atoms with Crippen molar-refractivity contribution in [3.63, 3.8) is 0 Å². The van der Waals surface area contributed by atoms with E-state index < -0.39 is 0 Å². The lowest BCUT2D eigenvalue weighted by atomic mass is 10.00. The first-order valence-electron chi connectivity index (χ1n) is 4.98. The lowest BCUT2D eigenvalue weighted by Crippen LogP contribution is -2.19. The highest BCUT2D eigenvalue weighted by Crippen LogP contribution is 2.10. The van der Waals surface area contributed by atoms with E-state index in [-0.39, 0.29) is 6.10 Å². The second kappa shape index (κ2) is 7.56. The summed E-state index contributed by atoms with van der Waals surface area (Å²) in [6.45, 7) is 7.77. The van der Waals surface area contributed by atoms with Crippen LogP contribution < -0.4 is 0 Å². The van der Waals surface area contributed by atoms with Crippen LogP contribution in [0.15, 0.2) is 0 Å². The summed E-state index contributed by atoms with van der Waals surface area (Å²) in [4.78, 5) is 0. The van der Waals surface area contributed by atoms with Crippen LogP contribution in [-0.4, -0.2) is 24.4 Å². The molecule has 12 heavy (non-hydrogen) atoms. The molecule has 0 aliphatic rings. The molecular formula is C10H22O2. The predicted octanol–water partition coefficient (Wildman–Crippen LogP) is 2.21. The van der Waals surface area contributed by atoms with Crippen LogP contribution in [0.25, 0.3) is 0 Å². The van der Waals surface area contributed by atoms with Crippen molar-refractivity contribution >= 4 is 0 Å². The number of rotatable bonds is 7. The highest BCUT2D eigenvalue weighted by molar-refractivity contribution is 4.61. The third-order valence-corrected chi connectivity index (χ3v) is 2.21. The fourth-order valence-corrected chi connectivity index (χ4v) is 1.01. The Hall–Kier alpha value is -0.0800. The van der Waals surface area contributed by atoms with Crippen LogP contribution in [0, 0.1) is 5.92 Å². The fraction of sp³-hybridized carbons (Fsp3) is 1.00. The second-order valence-corrected chi connectivity index (χ2v) is 3.35. The Balaban J connectivity index is 3.24. The Kier molecular flexibility index (Phi) is 7.51. The maximum absolute atomic E-state index is 9.54. The average Bonchev–Trinajstić information content (AvgIpc) is 2.10. The standard InChI is InChI=1S/C10H22O2/c1-4-7-12-8-6-10(11)9(3)5-2/h9-11H,4-8H2,1-3H3. The molecule has 0 rings (SSSR count). The summed E-state index contributed by atoms with van der Waals surface area (Å²) in [5, 5.41) is 9.54. The topological polar surface area (TPSA) is 29.5 Å². The molecule has 0 aliphatic carbocycles. The van der Waals surface area contributed by atoms with Gasteiger partial charge in [0.05, 0.1) is 6.10 Å². The van der Waals surface area contributed by atoms with Crippen LogP contribution in [0.3, 0.4) is 0 Å². The second-order valence-electron chi connectivity index (χ2n) is 3.35. The van der Waals surface area contributed by atoms with E-state index in [2.05, 4.69) is 20.8 Å². The van der Waals surface area contributed by atoms with Gasteiger partial charge in [0.25, 0.3) is 0 Å². The van der Waals surface area contributed by atoms with Gasteiger partial charge in [0.2, 0.25) is 0 Å². The highest BCUT2D eigenvalue weighted by atomic mass is 16.5. The molecule has 74 valence electrons. The minimum Gasteiger partial charge on any atom is -0.393 e.